The highest BCUT2D eigenvalue weighted by Crippen LogP contribution is 2.10. The van der Waals surface area contributed by atoms with Gasteiger partial charge in [-0.2, -0.15) is 0 Å². The predicted octanol–water partition coefficient (Wildman–Crippen LogP) is 4.58. The topological polar surface area (TPSA) is 0 Å². The molecular formula is C15H23. The molecule has 1 aromatic carbocycles. The molecule has 0 N–H and O–H groups in total. The van der Waals surface area contributed by atoms with Crippen molar-refractivity contribution in [2.75, 3.05) is 0 Å². The van der Waals surface area contributed by atoms with Gasteiger partial charge in [-0.1, -0.05) is 63.8 Å². The fourth-order valence-corrected chi connectivity index (χ4v) is 1.80. The first kappa shape index (κ1) is 12.3. The van der Waals surface area contributed by atoms with Crippen LogP contribution in [0.25, 0.3) is 0 Å². The van der Waals surface area contributed by atoms with Gasteiger partial charge in [-0.05, 0) is 30.4 Å². The summed E-state index contributed by atoms with van der Waals surface area (Å²) < 4.78 is 0. The molecule has 0 aliphatic rings. The van der Waals surface area contributed by atoms with E-state index in [2.05, 4.69) is 38.1 Å². The van der Waals surface area contributed by atoms with Crippen molar-refractivity contribution < 1.29 is 0 Å². The second kappa shape index (κ2) is 7.50. The summed E-state index contributed by atoms with van der Waals surface area (Å²) in [5.74, 6) is 0. The summed E-state index contributed by atoms with van der Waals surface area (Å²) in [7, 11) is 0. The Bertz CT molecular complexity index is 245. The molecule has 0 nitrogen and oxygen atoms in total. The van der Waals surface area contributed by atoms with E-state index in [1.165, 1.54) is 43.2 Å². The molecule has 0 heterocycles. The van der Waals surface area contributed by atoms with E-state index in [1.54, 1.807) is 0 Å². The second-order valence-corrected chi connectivity index (χ2v) is 4.19. The van der Waals surface area contributed by atoms with Crippen molar-refractivity contribution >= 4 is 0 Å². The zero-order chi connectivity index (χ0) is 10.9. The zero-order valence-corrected chi connectivity index (χ0v) is 9.97. The van der Waals surface area contributed by atoms with Crippen LogP contribution in [0.15, 0.2) is 24.3 Å². The fraction of sp³-hybridized carbons (Fsp3) is 0.533. The van der Waals surface area contributed by atoms with Gasteiger partial charge in [-0.25, -0.2) is 0 Å². The van der Waals surface area contributed by atoms with E-state index in [1.807, 2.05) is 0 Å². The van der Waals surface area contributed by atoms with E-state index >= 15 is 0 Å². The summed E-state index contributed by atoms with van der Waals surface area (Å²) in [5.41, 5.74) is 2.93. The molecule has 1 rings (SSSR count). The Labute approximate surface area is 94.7 Å². The van der Waals surface area contributed by atoms with Gasteiger partial charge in [0.15, 0.2) is 0 Å². The second-order valence-electron chi connectivity index (χ2n) is 4.19. The molecule has 0 aliphatic heterocycles. The molecule has 0 heteroatoms. The zero-order valence-electron chi connectivity index (χ0n) is 9.97. The van der Waals surface area contributed by atoms with Crippen LogP contribution in [0.4, 0.5) is 0 Å². The molecule has 83 valence electrons. The highest BCUT2D eigenvalue weighted by Gasteiger charge is 1.94. The molecule has 0 amide bonds. The maximum Gasteiger partial charge on any atom is -0.0279 e. The number of hydrogen-bond donors (Lipinski definition) is 0. The Kier molecular flexibility index (Phi) is 6.15. The Morgan fingerprint density at radius 3 is 2.07 bits per heavy atom. The molecular weight excluding hydrogens is 180 g/mol. The summed E-state index contributed by atoms with van der Waals surface area (Å²) >= 11 is 0. The quantitative estimate of drug-likeness (QED) is 0.569. The Balaban J connectivity index is 2.20. The highest BCUT2D eigenvalue weighted by atomic mass is 14.0. The van der Waals surface area contributed by atoms with Crippen LogP contribution < -0.4 is 0 Å². The number of aryl methyl sites for hydroxylation is 2. The van der Waals surface area contributed by atoms with Crippen molar-refractivity contribution in [1.29, 1.82) is 0 Å². The lowest BCUT2D eigenvalue weighted by atomic mass is 10.0. The van der Waals surface area contributed by atoms with Gasteiger partial charge in [0.25, 0.3) is 0 Å². The molecule has 0 atom stereocenters. The summed E-state index contributed by atoms with van der Waals surface area (Å²) in [5, 5.41) is 0. The first-order chi connectivity index (χ1) is 7.36. The molecule has 1 aromatic rings. The first-order valence-corrected chi connectivity index (χ1v) is 6.24. The number of hydrogen-bond acceptors (Lipinski definition) is 0. The maximum absolute atomic E-state index is 3.86. The summed E-state index contributed by atoms with van der Waals surface area (Å²) in [6, 6.07) is 9.07. The minimum atomic E-state index is 1.09. The van der Waals surface area contributed by atoms with Crippen molar-refractivity contribution in [1.82, 2.24) is 0 Å². The van der Waals surface area contributed by atoms with E-state index in [9.17, 15) is 0 Å². The van der Waals surface area contributed by atoms with Crippen LogP contribution in [-0.4, -0.2) is 0 Å². The SMILES string of the molecule is [CH2]CCCCCCc1ccc(CC)cc1. The van der Waals surface area contributed by atoms with Crippen LogP contribution in [0.5, 0.6) is 0 Å². The number of unbranched alkanes of at least 4 members (excludes halogenated alkanes) is 4. The Morgan fingerprint density at radius 1 is 0.867 bits per heavy atom. The molecule has 0 unspecified atom stereocenters. The summed E-state index contributed by atoms with van der Waals surface area (Å²) in [4.78, 5) is 0. The molecule has 0 bridgehead atoms. The molecule has 1 radical (unpaired) electrons. The smallest absolute Gasteiger partial charge is 0.0279 e. The minimum absolute atomic E-state index is 1.09. The van der Waals surface area contributed by atoms with Crippen molar-refractivity contribution in [3.8, 4) is 0 Å². The van der Waals surface area contributed by atoms with Crippen LogP contribution in [-0.2, 0) is 12.8 Å². The van der Waals surface area contributed by atoms with Crippen LogP contribution in [0.3, 0.4) is 0 Å². The maximum atomic E-state index is 3.86. The molecule has 0 aliphatic carbocycles. The Hall–Kier alpha value is -0.780. The fourth-order valence-electron chi connectivity index (χ4n) is 1.80. The average molecular weight is 203 g/mol. The van der Waals surface area contributed by atoms with Crippen molar-refractivity contribution in [3.05, 3.63) is 42.3 Å². The summed E-state index contributed by atoms with van der Waals surface area (Å²) in [6.07, 6.45) is 8.78. The van der Waals surface area contributed by atoms with Gasteiger partial charge in [0.1, 0.15) is 0 Å². The molecule has 0 saturated heterocycles. The van der Waals surface area contributed by atoms with Crippen molar-refractivity contribution in [2.45, 2.75) is 51.9 Å². The molecule has 0 aromatic heterocycles. The Morgan fingerprint density at radius 2 is 1.47 bits per heavy atom. The monoisotopic (exact) mass is 203 g/mol. The molecule has 0 fully saturated rings. The van der Waals surface area contributed by atoms with Crippen LogP contribution >= 0.6 is 0 Å². The van der Waals surface area contributed by atoms with Gasteiger partial charge in [-0.15, -0.1) is 0 Å². The third-order valence-corrected chi connectivity index (χ3v) is 2.90. The predicted molar refractivity (Wildman–Crippen MR) is 68.0 cm³/mol. The van der Waals surface area contributed by atoms with Crippen LogP contribution in [0.1, 0.15) is 50.2 Å². The lowest BCUT2D eigenvalue weighted by molar-refractivity contribution is 0.645. The van der Waals surface area contributed by atoms with Gasteiger partial charge in [0, 0.05) is 0 Å². The largest absolute Gasteiger partial charge is 0.0613 e. The lowest BCUT2D eigenvalue weighted by Crippen LogP contribution is -1.87. The molecule has 15 heavy (non-hydrogen) atoms. The van der Waals surface area contributed by atoms with E-state index < -0.39 is 0 Å². The van der Waals surface area contributed by atoms with Gasteiger partial charge in [0.2, 0.25) is 0 Å². The third-order valence-electron chi connectivity index (χ3n) is 2.90. The molecule has 0 spiro atoms. The van der Waals surface area contributed by atoms with Crippen LogP contribution in [0, 0.1) is 6.92 Å². The average Bonchev–Trinajstić information content (AvgIpc) is 2.30. The van der Waals surface area contributed by atoms with Crippen LogP contribution in [0.2, 0.25) is 0 Å². The highest BCUT2D eigenvalue weighted by molar-refractivity contribution is 5.22. The van der Waals surface area contributed by atoms with Gasteiger partial charge in [0.05, 0.1) is 0 Å². The minimum Gasteiger partial charge on any atom is -0.0613 e. The molecule has 0 saturated carbocycles. The van der Waals surface area contributed by atoms with Gasteiger partial charge >= 0.3 is 0 Å². The van der Waals surface area contributed by atoms with E-state index in [0.29, 0.717) is 0 Å². The third kappa shape index (κ3) is 5.01. The number of rotatable bonds is 7. The first-order valence-electron chi connectivity index (χ1n) is 6.24. The summed E-state index contributed by atoms with van der Waals surface area (Å²) in [6.45, 7) is 6.06. The van der Waals surface area contributed by atoms with E-state index in [0.717, 1.165) is 12.8 Å². The van der Waals surface area contributed by atoms with Crippen molar-refractivity contribution in [2.24, 2.45) is 0 Å². The normalized spacial score (nSPS) is 10.5. The van der Waals surface area contributed by atoms with Gasteiger partial charge in [-0.3, -0.25) is 0 Å². The number of benzene rings is 1. The van der Waals surface area contributed by atoms with Crippen molar-refractivity contribution in [3.63, 3.8) is 0 Å². The van der Waals surface area contributed by atoms with Gasteiger partial charge < -0.3 is 0 Å². The van der Waals surface area contributed by atoms with E-state index in [-0.39, 0.29) is 0 Å². The lowest BCUT2D eigenvalue weighted by Gasteiger charge is -2.02. The standard InChI is InChI=1S/C15H23/c1-3-5-6-7-8-9-15-12-10-14(4-2)11-13-15/h10-13H,1,3-9H2,2H3. The van der Waals surface area contributed by atoms with E-state index in [4.69, 9.17) is 0 Å².